The highest BCUT2D eigenvalue weighted by Crippen LogP contribution is 2.35. The quantitative estimate of drug-likeness (QED) is 0.874. The Balaban J connectivity index is 1.73. The number of aromatic nitrogens is 2. The first-order valence-corrected chi connectivity index (χ1v) is 7.23. The van der Waals surface area contributed by atoms with Gasteiger partial charge in [-0.3, -0.25) is 0 Å². The van der Waals surface area contributed by atoms with Crippen LogP contribution in [0.15, 0.2) is 30.6 Å². The zero-order valence-corrected chi connectivity index (χ0v) is 12.6. The van der Waals surface area contributed by atoms with Gasteiger partial charge in [-0.05, 0) is 25.1 Å². The number of fused-ring (bicyclic) bond motifs is 1. The van der Waals surface area contributed by atoms with Gasteiger partial charge in [-0.1, -0.05) is 11.6 Å². The van der Waals surface area contributed by atoms with Crippen molar-refractivity contribution in [2.24, 2.45) is 0 Å². The lowest BCUT2D eigenvalue weighted by Gasteiger charge is -2.11. The van der Waals surface area contributed by atoms with E-state index in [1.807, 2.05) is 12.1 Å². The van der Waals surface area contributed by atoms with E-state index < -0.39 is 5.97 Å². The maximum atomic E-state index is 11.5. The number of nitrogens with one attached hydrogen (secondary N) is 1. The van der Waals surface area contributed by atoms with Gasteiger partial charge in [0.05, 0.1) is 18.2 Å². The molecular weight excluding hydrogens is 306 g/mol. The summed E-state index contributed by atoms with van der Waals surface area (Å²) in [5, 5.41) is 3.81. The minimum absolute atomic E-state index is 0.0813. The van der Waals surface area contributed by atoms with Crippen molar-refractivity contribution < 1.29 is 14.3 Å². The number of ether oxygens (including phenoxy) is 2. The molecule has 0 bridgehead atoms. The number of rotatable bonds is 4. The molecule has 0 fully saturated rings. The highest BCUT2D eigenvalue weighted by Gasteiger charge is 2.25. The van der Waals surface area contributed by atoms with Crippen LogP contribution >= 0.6 is 11.6 Å². The molecule has 6 nitrogen and oxygen atoms in total. The van der Waals surface area contributed by atoms with Crippen LogP contribution in [0.1, 0.15) is 28.9 Å². The molecule has 2 heterocycles. The van der Waals surface area contributed by atoms with E-state index in [9.17, 15) is 4.79 Å². The molecule has 2 aromatic rings. The zero-order chi connectivity index (χ0) is 15.5. The van der Waals surface area contributed by atoms with Crippen LogP contribution in [-0.2, 0) is 4.74 Å². The molecule has 0 saturated carbocycles. The summed E-state index contributed by atoms with van der Waals surface area (Å²) in [5.41, 5.74) is 1.28. The fraction of sp³-hybridized carbons (Fsp3) is 0.267. The Labute approximate surface area is 132 Å². The number of nitrogens with zero attached hydrogens (tertiary/aromatic N) is 2. The molecule has 114 valence electrons. The predicted molar refractivity (Wildman–Crippen MR) is 81.3 cm³/mol. The molecule has 0 amide bonds. The molecule has 1 aliphatic heterocycles. The first-order valence-electron chi connectivity index (χ1n) is 6.85. The summed E-state index contributed by atoms with van der Waals surface area (Å²) < 4.78 is 10.5. The van der Waals surface area contributed by atoms with Crippen molar-refractivity contribution in [1.29, 1.82) is 0 Å². The van der Waals surface area contributed by atoms with Crippen molar-refractivity contribution in [3.63, 3.8) is 0 Å². The lowest BCUT2D eigenvalue weighted by Crippen LogP contribution is -2.14. The molecule has 1 atom stereocenters. The van der Waals surface area contributed by atoms with Crippen molar-refractivity contribution in [1.82, 2.24) is 9.97 Å². The standard InChI is InChI=1S/C15H14ClN3O3/c1-2-21-14(20)9-6-17-15(18-7-9)19-12-8-22-13-4-3-10(16)5-11(12)13/h3-7,12H,2,8H2,1H3,(H,17,18,19)/t12-/m0/s1. The van der Waals surface area contributed by atoms with Crippen LogP contribution in [0.2, 0.25) is 5.02 Å². The van der Waals surface area contributed by atoms with E-state index in [0.717, 1.165) is 11.3 Å². The van der Waals surface area contributed by atoms with E-state index in [-0.39, 0.29) is 6.04 Å². The minimum atomic E-state index is -0.435. The van der Waals surface area contributed by atoms with Gasteiger partial charge in [-0.2, -0.15) is 0 Å². The average Bonchev–Trinajstić information content (AvgIpc) is 2.90. The Bertz CT molecular complexity index is 691. The molecule has 0 saturated heterocycles. The number of halogens is 1. The van der Waals surface area contributed by atoms with Crippen LogP contribution in [0.25, 0.3) is 0 Å². The largest absolute Gasteiger partial charge is 0.491 e. The highest BCUT2D eigenvalue weighted by atomic mass is 35.5. The molecular formula is C15H14ClN3O3. The van der Waals surface area contributed by atoms with Crippen molar-refractivity contribution in [3.8, 4) is 5.75 Å². The third kappa shape index (κ3) is 2.96. The van der Waals surface area contributed by atoms with Gasteiger partial charge in [0.15, 0.2) is 0 Å². The van der Waals surface area contributed by atoms with Gasteiger partial charge in [0.25, 0.3) is 0 Å². The maximum absolute atomic E-state index is 11.5. The molecule has 0 unspecified atom stereocenters. The summed E-state index contributed by atoms with van der Waals surface area (Å²) >= 11 is 6.01. The van der Waals surface area contributed by atoms with Crippen LogP contribution < -0.4 is 10.1 Å². The second-order valence-corrected chi connectivity index (χ2v) is 5.14. The second-order valence-electron chi connectivity index (χ2n) is 4.71. The summed E-state index contributed by atoms with van der Waals surface area (Å²) in [6, 6.07) is 5.40. The summed E-state index contributed by atoms with van der Waals surface area (Å²) in [4.78, 5) is 19.8. The molecule has 1 aromatic carbocycles. The Morgan fingerprint density at radius 1 is 1.45 bits per heavy atom. The van der Waals surface area contributed by atoms with E-state index in [4.69, 9.17) is 21.1 Å². The maximum Gasteiger partial charge on any atom is 0.341 e. The van der Waals surface area contributed by atoms with Crippen LogP contribution in [0.4, 0.5) is 5.95 Å². The predicted octanol–water partition coefficient (Wildman–Crippen LogP) is 2.85. The average molecular weight is 320 g/mol. The lowest BCUT2D eigenvalue weighted by atomic mass is 10.1. The van der Waals surface area contributed by atoms with Gasteiger partial charge in [0.1, 0.15) is 12.4 Å². The van der Waals surface area contributed by atoms with Gasteiger partial charge in [0.2, 0.25) is 5.95 Å². The summed E-state index contributed by atoms with van der Waals surface area (Å²) in [6.07, 6.45) is 2.87. The number of hydrogen-bond donors (Lipinski definition) is 1. The fourth-order valence-electron chi connectivity index (χ4n) is 2.18. The molecule has 0 radical (unpaired) electrons. The Morgan fingerprint density at radius 2 is 2.23 bits per heavy atom. The van der Waals surface area contributed by atoms with E-state index in [1.54, 1.807) is 13.0 Å². The summed E-state index contributed by atoms with van der Waals surface area (Å²) in [6.45, 7) is 2.53. The molecule has 22 heavy (non-hydrogen) atoms. The molecule has 0 aliphatic carbocycles. The van der Waals surface area contributed by atoms with E-state index in [0.29, 0.717) is 29.7 Å². The Hall–Kier alpha value is -2.34. The zero-order valence-electron chi connectivity index (χ0n) is 11.9. The van der Waals surface area contributed by atoms with Gasteiger partial charge in [0, 0.05) is 23.0 Å². The third-order valence-electron chi connectivity index (χ3n) is 3.22. The van der Waals surface area contributed by atoms with Crippen molar-refractivity contribution in [3.05, 3.63) is 46.7 Å². The van der Waals surface area contributed by atoms with Gasteiger partial charge < -0.3 is 14.8 Å². The van der Waals surface area contributed by atoms with Gasteiger partial charge >= 0.3 is 5.97 Å². The lowest BCUT2D eigenvalue weighted by molar-refractivity contribution is 0.0525. The van der Waals surface area contributed by atoms with Crippen molar-refractivity contribution >= 4 is 23.5 Å². The first-order chi connectivity index (χ1) is 10.7. The summed E-state index contributed by atoms with van der Waals surface area (Å²) in [5.74, 6) is 0.773. The second kappa shape index (κ2) is 6.19. The van der Waals surface area contributed by atoms with E-state index in [1.165, 1.54) is 12.4 Å². The molecule has 3 rings (SSSR count). The van der Waals surface area contributed by atoms with Gasteiger partial charge in [-0.15, -0.1) is 0 Å². The number of carbonyl (C=O) groups is 1. The number of carbonyl (C=O) groups excluding carboxylic acids is 1. The highest BCUT2D eigenvalue weighted by molar-refractivity contribution is 6.30. The minimum Gasteiger partial charge on any atom is -0.491 e. The van der Waals surface area contributed by atoms with Crippen molar-refractivity contribution in [2.75, 3.05) is 18.5 Å². The molecule has 1 aromatic heterocycles. The number of anilines is 1. The Kier molecular flexibility index (Phi) is 4.11. The molecule has 1 aliphatic rings. The molecule has 7 heteroatoms. The van der Waals surface area contributed by atoms with Crippen LogP contribution in [0.5, 0.6) is 5.75 Å². The SMILES string of the molecule is CCOC(=O)c1cnc(N[C@H]2COc3ccc(Cl)cc32)nc1. The number of esters is 1. The van der Waals surface area contributed by atoms with Crippen LogP contribution in [0.3, 0.4) is 0 Å². The molecule has 0 spiro atoms. The van der Waals surface area contributed by atoms with Gasteiger partial charge in [-0.25, -0.2) is 14.8 Å². The summed E-state index contributed by atoms with van der Waals surface area (Å²) in [7, 11) is 0. The number of benzene rings is 1. The monoisotopic (exact) mass is 319 g/mol. The topological polar surface area (TPSA) is 73.3 Å². The van der Waals surface area contributed by atoms with Crippen LogP contribution in [0, 0.1) is 0 Å². The van der Waals surface area contributed by atoms with E-state index >= 15 is 0 Å². The molecule has 1 N–H and O–H groups in total. The van der Waals surface area contributed by atoms with E-state index in [2.05, 4.69) is 15.3 Å². The third-order valence-corrected chi connectivity index (χ3v) is 3.45. The van der Waals surface area contributed by atoms with Crippen LogP contribution in [-0.4, -0.2) is 29.2 Å². The first kappa shape index (κ1) is 14.6. The smallest absolute Gasteiger partial charge is 0.341 e. The normalized spacial score (nSPS) is 15.8. The Morgan fingerprint density at radius 3 is 2.95 bits per heavy atom. The fourth-order valence-corrected chi connectivity index (χ4v) is 2.36. The van der Waals surface area contributed by atoms with Crippen molar-refractivity contribution in [2.45, 2.75) is 13.0 Å². The number of hydrogen-bond acceptors (Lipinski definition) is 6.